The molecule has 0 unspecified atom stereocenters. The molecule has 0 spiro atoms. The second-order valence-corrected chi connectivity index (χ2v) is 3.83. The van der Waals surface area contributed by atoms with Gasteiger partial charge in [0.2, 0.25) is 0 Å². The van der Waals surface area contributed by atoms with Crippen LogP contribution in [0.1, 0.15) is 18.9 Å². The molecule has 0 aliphatic heterocycles. The summed E-state index contributed by atoms with van der Waals surface area (Å²) in [5.41, 5.74) is 1.03. The Hall–Kier alpha value is -0.210. The summed E-state index contributed by atoms with van der Waals surface area (Å²) in [5.74, 6) is 1.36. The van der Waals surface area contributed by atoms with Crippen LogP contribution in [0.5, 0.6) is 5.75 Å². The molecule has 0 radical (unpaired) electrons. The molecule has 0 bridgehead atoms. The second-order valence-electron chi connectivity index (χ2n) is 2.71. The Morgan fingerprint density at radius 2 is 2.23 bits per heavy atom. The lowest BCUT2D eigenvalue weighted by molar-refractivity contribution is 0.313. The molecule has 0 aliphatic rings. The highest BCUT2D eigenvalue weighted by atomic mass is 79.9. The Kier molecular flexibility index (Phi) is 4.60. The van der Waals surface area contributed by atoms with E-state index in [0.29, 0.717) is 5.88 Å². The first-order valence-electron chi connectivity index (χ1n) is 4.25. The zero-order chi connectivity index (χ0) is 9.68. The molecule has 0 saturated heterocycles. The Labute approximate surface area is 92.2 Å². The maximum absolute atomic E-state index is 5.78. The first-order chi connectivity index (χ1) is 6.29. The third-order valence-corrected chi connectivity index (χ3v) is 2.56. The summed E-state index contributed by atoms with van der Waals surface area (Å²) < 4.78 is 6.55. The van der Waals surface area contributed by atoms with Crippen LogP contribution in [0.15, 0.2) is 22.7 Å². The van der Waals surface area contributed by atoms with E-state index in [2.05, 4.69) is 22.9 Å². The maximum Gasteiger partial charge on any atom is 0.137 e. The van der Waals surface area contributed by atoms with E-state index in [4.69, 9.17) is 16.3 Å². The van der Waals surface area contributed by atoms with E-state index in [1.54, 1.807) is 0 Å². The van der Waals surface area contributed by atoms with Crippen LogP contribution in [-0.2, 0) is 5.88 Å². The lowest BCUT2D eigenvalue weighted by Crippen LogP contribution is -1.98. The predicted molar refractivity (Wildman–Crippen MR) is 59.5 cm³/mol. The third kappa shape index (κ3) is 2.89. The van der Waals surface area contributed by atoms with Crippen LogP contribution >= 0.6 is 27.5 Å². The highest BCUT2D eigenvalue weighted by Gasteiger charge is 2.05. The van der Waals surface area contributed by atoms with Gasteiger partial charge in [-0.15, -0.1) is 11.6 Å². The number of ether oxygens (including phenoxy) is 1. The highest BCUT2D eigenvalue weighted by molar-refractivity contribution is 9.10. The van der Waals surface area contributed by atoms with Crippen molar-refractivity contribution in [1.82, 2.24) is 0 Å². The van der Waals surface area contributed by atoms with Crippen molar-refractivity contribution >= 4 is 27.5 Å². The van der Waals surface area contributed by atoms with Crippen molar-refractivity contribution in [1.29, 1.82) is 0 Å². The molecule has 0 aromatic heterocycles. The van der Waals surface area contributed by atoms with E-state index in [-0.39, 0.29) is 0 Å². The fraction of sp³-hybridized carbons (Fsp3) is 0.400. The smallest absolute Gasteiger partial charge is 0.137 e. The van der Waals surface area contributed by atoms with Crippen molar-refractivity contribution in [2.45, 2.75) is 19.2 Å². The number of para-hydroxylation sites is 1. The molecule has 0 fully saturated rings. The van der Waals surface area contributed by atoms with Crippen molar-refractivity contribution in [3.63, 3.8) is 0 Å². The van der Waals surface area contributed by atoms with E-state index in [1.165, 1.54) is 0 Å². The van der Waals surface area contributed by atoms with E-state index in [0.717, 1.165) is 28.8 Å². The van der Waals surface area contributed by atoms with E-state index in [9.17, 15) is 0 Å². The number of hydrogen-bond acceptors (Lipinski definition) is 1. The van der Waals surface area contributed by atoms with Crippen molar-refractivity contribution in [2.24, 2.45) is 0 Å². The van der Waals surface area contributed by atoms with Gasteiger partial charge < -0.3 is 4.74 Å². The van der Waals surface area contributed by atoms with Crippen LogP contribution in [0.3, 0.4) is 0 Å². The molecule has 0 amide bonds. The summed E-state index contributed by atoms with van der Waals surface area (Å²) in [4.78, 5) is 0. The van der Waals surface area contributed by atoms with Crippen LogP contribution in [0.2, 0.25) is 0 Å². The molecule has 13 heavy (non-hydrogen) atoms. The molecular weight excluding hydrogens is 251 g/mol. The number of benzene rings is 1. The molecule has 72 valence electrons. The van der Waals surface area contributed by atoms with Gasteiger partial charge in [-0.2, -0.15) is 0 Å². The molecule has 1 aromatic rings. The third-order valence-electron chi connectivity index (χ3n) is 1.64. The summed E-state index contributed by atoms with van der Waals surface area (Å²) in [6, 6.07) is 5.89. The van der Waals surface area contributed by atoms with Gasteiger partial charge in [-0.3, -0.25) is 0 Å². The van der Waals surface area contributed by atoms with Crippen LogP contribution in [-0.4, -0.2) is 6.61 Å². The molecule has 0 aliphatic carbocycles. The molecular formula is C10H12BrClO. The minimum Gasteiger partial charge on any atom is -0.492 e. The second kappa shape index (κ2) is 5.51. The van der Waals surface area contributed by atoms with Gasteiger partial charge in [0.25, 0.3) is 0 Å². The first-order valence-corrected chi connectivity index (χ1v) is 5.58. The van der Waals surface area contributed by atoms with Gasteiger partial charge in [-0.25, -0.2) is 0 Å². The summed E-state index contributed by atoms with van der Waals surface area (Å²) in [5, 5.41) is 0. The highest BCUT2D eigenvalue weighted by Crippen LogP contribution is 2.30. The Morgan fingerprint density at radius 3 is 2.85 bits per heavy atom. The van der Waals surface area contributed by atoms with Crippen LogP contribution in [0, 0.1) is 0 Å². The minimum atomic E-state index is 0.485. The molecule has 3 heteroatoms. The largest absolute Gasteiger partial charge is 0.492 e. The first kappa shape index (κ1) is 10.9. The van der Waals surface area contributed by atoms with Gasteiger partial charge in [-0.05, 0) is 28.4 Å². The average Bonchev–Trinajstić information content (AvgIpc) is 2.15. The van der Waals surface area contributed by atoms with Gasteiger partial charge in [-0.1, -0.05) is 19.1 Å². The van der Waals surface area contributed by atoms with Crippen LogP contribution in [0.4, 0.5) is 0 Å². The Bertz CT molecular complexity index is 276. The van der Waals surface area contributed by atoms with Gasteiger partial charge in [0, 0.05) is 5.56 Å². The Balaban J connectivity index is 2.87. The van der Waals surface area contributed by atoms with E-state index < -0.39 is 0 Å². The lowest BCUT2D eigenvalue weighted by atomic mass is 10.2. The molecule has 0 saturated carbocycles. The Morgan fingerprint density at radius 1 is 1.46 bits per heavy atom. The zero-order valence-electron chi connectivity index (χ0n) is 7.52. The van der Waals surface area contributed by atoms with Crippen LogP contribution < -0.4 is 4.74 Å². The number of alkyl halides is 1. The van der Waals surface area contributed by atoms with Crippen molar-refractivity contribution in [3.05, 3.63) is 28.2 Å². The number of halogens is 2. The predicted octanol–water partition coefficient (Wildman–Crippen LogP) is 3.98. The van der Waals surface area contributed by atoms with Gasteiger partial charge in [0.05, 0.1) is 17.0 Å². The van der Waals surface area contributed by atoms with Crippen molar-refractivity contribution < 1.29 is 4.74 Å². The zero-order valence-corrected chi connectivity index (χ0v) is 9.86. The van der Waals surface area contributed by atoms with Gasteiger partial charge in [0.15, 0.2) is 0 Å². The normalized spacial score (nSPS) is 10.1. The van der Waals surface area contributed by atoms with E-state index in [1.807, 2.05) is 18.2 Å². The maximum atomic E-state index is 5.78. The molecule has 0 N–H and O–H groups in total. The van der Waals surface area contributed by atoms with Gasteiger partial charge in [0.1, 0.15) is 5.75 Å². The lowest BCUT2D eigenvalue weighted by Gasteiger charge is -2.10. The molecule has 1 rings (SSSR count). The SMILES string of the molecule is CCCOc1c(Br)cccc1CCl. The molecule has 1 aromatic carbocycles. The monoisotopic (exact) mass is 262 g/mol. The number of hydrogen-bond donors (Lipinski definition) is 0. The van der Waals surface area contributed by atoms with Crippen LogP contribution in [0.25, 0.3) is 0 Å². The minimum absolute atomic E-state index is 0.485. The summed E-state index contributed by atoms with van der Waals surface area (Å²) in [7, 11) is 0. The average molecular weight is 264 g/mol. The topological polar surface area (TPSA) is 9.23 Å². The van der Waals surface area contributed by atoms with E-state index >= 15 is 0 Å². The molecule has 0 heterocycles. The summed E-state index contributed by atoms with van der Waals surface area (Å²) in [6.07, 6.45) is 1.00. The van der Waals surface area contributed by atoms with Gasteiger partial charge >= 0.3 is 0 Å². The number of rotatable bonds is 4. The summed E-state index contributed by atoms with van der Waals surface area (Å²) in [6.45, 7) is 2.81. The molecule has 1 nitrogen and oxygen atoms in total. The standard InChI is InChI=1S/C10H12BrClO/c1-2-6-13-10-8(7-12)4-3-5-9(10)11/h3-5H,2,6-7H2,1H3. The quantitative estimate of drug-likeness (QED) is 0.747. The summed E-state index contributed by atoms with van der Waals surface area (Å²) >= 11 is 9.22. The fourth-order valence-corrected chi connectivity index (χ4v) is 1.76. The molecule has 0 atom stereocenters. The van der Waals surface area contributed by atoms with Crippen molar-refractivity contribution in [2.75, 3.05) is 6.61 Å². The fourth-order valence-electron chi connectivity index (χ4n) is 1.02. The van der Waals surface area contributed by atoms with Crippen molar-refractivity contribution in [3.8, 4) is 5.75 Å².